The van der Waals surface area contributed by atoms with Crippen molar-refractivity contribution in [3.8, 4) is 0 Å². The van der Waals surface area contributed by atoms with E-state index in [1.807, 2.05) is 12.1 Å². The molecule has 1 atom stereocenters. The lowest BCUT2D eigenvalue weighted by molar-refractivity contribution is 0.185. The van der Waals surface area contributed by atoms with Gasteiger partial charge in [-0.25, -0.2) is 0 Å². The maximum atomic E-state index is 6.64. The lowest BCUT2D eigenvalue weighted by Crippen LogP contribution is -2.39. The zero-order valence-electron chi connectivity index (χ0n) is 13.9. The highest BCUT2D eigenvalue weighted by atomic mass is 28.3. The van der Waals surface area contributed by atoms with Crippen molar-refractivity contribution < 1.29 is 4.43 Å². The first-order valence-corrected chi connectivity index (χ1v) is 8.77. The largest absolute Gasteiger partial charge is 0.408 e. The van der Waals surface area contributed by atoms with Crippen LogP contribution in [0.3, 0.4) is 0 Å². The van der Waals surface area contributed by atoms with E-state index in [1.165, 1.54) is 5.56 Å². The summed E-state index contributed by atoms with van der Waals surface area (Å²) in [5.41, 5.74) is 1.25. The molecule has 111 valence electrons. The Morgan fingerprint density at radius 2 is 1.55 bits per heavy atom. The van der Waals surface area contributed by atoms with E-state index in [2.05, 4.69) is 72.4 Å². The van der Waals surface area contributed by atoms with Crippen molar-refractivity contribution in [1.82, 2.24) is 0 Å². The van der Waals surface area contributed by atoms with E-state index < -0.39 is 9.04 Å². The highest BCUT2D eigenvalue weighted by molar-refractivity contribution is 6.58. The standard InChI is InChI=1S/C18H29OSi/c1-8-12-16(15-13-10-9-11-14-15)19-20(17(2,3)4)18(5,6)7/h8-11,13-14,16H,1,12H2,2-7H3. The summed E-state index contributed by atoms with van der Waals surface area (Å²) in [5.74, 6) is 0. The predicted molar refractivity (Wildman–Crippen MR) is 90.3 cm³/mol. The molecule has 1 aromatic rings. The average Bonchev–Trinajstić information content (AvgIpc) is 2.32. The molecular formula is C18H29OSi. The molecule has 0 heterocycles. The fourth-order valence-electron chi connectivity index (χ4n) is 2.69. The van der Waals surface area contributed by atoms with E-state index in [1.54, 1.807) is 0 Å². The minimum Gasteiger partial charge on any atom is -0.408 e. The summed E-state index contributed by atoms with van der Waals surface area (Å²) in [6.07, 6.45) is 2.95. The van der Waals surface area contributed by atoms with Gasteiger partial charge in [-0.05, 0) is 22.1 Å². The number of hydrogen-bond donors (Lipinski definition) is 0. The summed E-state index contributed by atoms with van der Waals surface area (Å²) in [5, 5.41) is 0.411. The molecule has 0 aliphatic carbocycles. The van der Waals surface area contributed by atoms with Crippen LogP contribution in [0.25, 0.3) is 0 Å². The second-order valence-electron chi connectivity index (χ2n) is 7.37. The molecule has 0 N–H and O–H groups in total. The Bertz CT molecular complexity index is 397. The van der Waals surface area contributed by atoms with Crippen LogP contribution >= 0.6 is 0 Å². The molecule has 0 aromatic heterocycles. The monoisotopic (exact) mass is 289 g/mol. The lowest BCUT2D eigenvalue weighted by Gasteiger charge is -2.40. The SMILES string of the molecule is C=CCC(O[Si](C(C)(C)C)C(C)(C)C)c1ccccc1. The molecule has 0 bridgehead atoms. The summed E-state index contributed by atoms with van der Waals surface area (Å²) in [7, 11) is -0.991. The van der Waals surface area contributed by atoms with Crippen molar-refractivity contribution >= 4 is 9.04 Å². The molecule has 2 heteroatoms. The normalized spacial score (nSPS) is 14.3. The average molecular weight is 290 g/mol. The zero-order chi connectivity index (χ0) is 15.4. The maximum absolute atomic E-state index is 6.64. The second-order valence-corrected chi connectivity index (χ2v) is 11.3. The van der Waals surface area contributed by atoms with Crippen molar-refractivity contribution in [1.29, 1.82) is 0 Å². The van der Waals surface area contributed by atoms with Crippen LogP contribution in [0.4, 0.5) is 0 Å². The molecular weight excluding hydrogens is 260 g/mol. The number of benzene rings is 1. The number of hydrogen-bond acceptors (Lipinski definition) is 1. The van der Waals surface area contributed by atoms with Crippen molar-refractivity contribution in [3.63, 3.8) is 0 Å². The van der Waals surface area contributed by atoms with Crippen molar-refractivity contribution in [2.24, 2.45) is 0 Å². The molecule has 0 saturated carbocycles. The Hall–Kier alpha value is -0.863. The van der Waals surface area contributed by atoms with Gasteiger partial charge in [-0.1, -0.05) is 78.0 Å². The molecule has 20 heavy (non-hydrogen) atoms. The molecule has 0 aliphatic rings. The van der Waals surface area contributed by atoms with E-state index in [-0.39, 0.29) is 16.2 Å². The summed E-state index contributed by atoms with van der Waals surface area (Å²) in [6.45, 7) is 17.7. The van der Waals surface area contributed by atoms with Gasteiger partial charge in [0.05, 0.1) is 6.10 Å². The zero-order valence-corrected chi connectivity index (χ0v) is 14.9. The third kappa shape index (κ3) is 4.91. The molecule has 1 radical (unpaired) electrons. The van der Waals surface area contributed by atoms with Crippen molar-refractivity contribution in [2.75, 3.05) is 0 Å². The maximum Gasteiger partial charge on any atom is 0.223 e. The molecule has 1 rings (SSSR count). The molecule has 1 unspecified atom stereocenters. The van der Waals surface area contributed by atoms with Gasteiger partial charge in [0.25, 0.3) is 0 Å². The van der Waals surface area contributed by atoms with E-state index in [0.717, 1.165) is 6.42 Å². The quantitative estimate of drug-likeness (QED) is 0.483. The second kappa shape index (κ2) is 6.73. The smallest absolute Gasteiger partial charge is 0.223 e. The van der Waals surface area contributed by atoms with Crippen LogP contribution in [-0.4, -0.2) is 9.04 Å². The first-order valence-electron chi connectivity index (χ1n) is 7.36. The third-order valence-electron chi connectivity index (χ3n) is 3.17. The third-order valence-corrected chi connectivity index (χ3v) is 6.42. The highest BCUT2D eigenvalue weighted by Crippen LogP contribution is 2.44. The Morgan fingerprint density at radius 1 is 1.05 bits per heavy atom. The van der Waals surface area contributed by atoms with Crippen LogP contribution in [0, 0.1) is 0 Å². The fraction of sp³-hybridized carbons (Fsp3) is 0.556. The van der Waals surface area contributed by atoms with Crippen LogP contribution in [0.5, 0.6) is 0 Å². The van der Waals surface area contributed by atoms with Crippen molar-refractivity contribution in [2.45, 2.75) is 64.1 Å². The van der Waals surface area contributed by atoms with E-state index in [0.29, 0.717) is 0 Å². The van der Waals surface area contributed by atoms with Crippen molar-refractivity contribution in [3.05, 3.63) is 48.6 Å². The van der Waals surface area contributed by atoms with Crippen LogP contribution in [0.1, 0.15) is 59.6 Å². The summed E-state index contributed by atoms with van der Waals surface area (Å²) >= 11 is 0. The van der Waals surface area contributed by atoms with E-state index in [9.17, 15) is 0 Å². The molecule has 1 nitrogen and oxygen atoms in total. The van der Waals surface area contributed by atoms with Gasteiger partial charge in [0.1, 0.15) is 0 Å². The van der Waals surface area contributed by atoms with Gasteiger partial charge in [-0.15, -0.1) is 6.58 Å². The topological polar surface area (TPSA) is 9.23 Å². The van der Waals surface area contributed by atoms with Gasteiger partial charge in [0.2, 0.25) is 9.04 Å². The van der Waals surface area contributed by atoms with E-state index in [4.69, 9.17) is 4.43 Å². The van der Waals surface area contributed by atoms with Gasteiger partial charge in [0, 0.05) is 0 Å². The molecule has 0 spiro atoms. The molecule has 1 aromatic carbocycles. The Labute approximate surface area is 126 Å². The predicted octanol–water partition coefficient (Wildman–Crippen LogP) is 5.91. The van der Waals surface area contributed by atoms with Crippen LogP contribution in [0.15, 0.2) is 43.0 Å². The van der Waals surface area contributed by atoms with E-state index >= 15 is 0 Å². The van der Waals surface area contributed by atoms with Gasteiger partial charge < -0.3 is 4.43 Å². The Morgan fingerprint density at radius 3 is 1.95 bits per heavy atom. The van der Waals surface area contributed by atoms with Gasteiger partial charge >= 0.3 is 0 Å². The first kappa shape index (κ1) is 17.2. The minimum absolute atomic E-state index is 0.126. The summed E-state index contributed by atoms with van der Waals surface area (Å²) < 4.78 is 6.64. The first-order chi connectivity index (χ1) is 9.16. The van der Waals surface area contributed by atoms with Crippen LogP contribution < -0.4 is 0 Å². The summed E-state index contributed by atoms with van der Waals surface area (Å²) in [4.78, 5) is 0. The number of rotatable bonds is 5. The van der Waals surface area contributed by atoms with Crippen LogP contribution in [-0.2, 0) is 4.43 Å². The Balaban J connectivity index is 3.01. The molecule has 0 aliphatic heterocycles. The van der Waals surface area contributed by atoms with Gasteiger partial charge in [0.15, 0.2) is 0 Å². The molecule has 0 amide bonds. The minimum atomic E-state index is -0.991. The summed E-state index contributed by atoms with van der Waals surface area (Å²) in [6, 6.07) is 10.5. The molecule has 0 fully saturated rings. The Kier molecular flexibility index (Phi) is 5.78. The highest BCUT2D eigenvalue weighted by Gasteiger charge is 2.40. The van der Waals surface area contributed by atoms with Gasteiger partial charge in [-0.2, -0.15) is 0 Å². The molecule has 0 saturated heterocycles. The van der Waals surface area contributed by atoms with Gasteiger partial charge in [-0.3, -0.25) is 0 Å². The fourth-order valence-corrected chi connectivity index (χ4v) is 6.17. The van der Waals surface area contributed by atoms with Crippen LogP contribution in [0.2, 0.25) is 10.1 Å². The lowest BCUT2D eigenvalue weighted by atomic mass is 10.1.